The molecule has 1 atom stereocenters. The van der Waals surface area contributed by atoms with Crippen LogP contribution >= 0.6 is 0 Å². The van der Waals surface area contributed by atoms with Crippen molar-refractivity contribution in [3.05, 3.63) is 42.8 Å². The lowest BCUT2D eigenvalue weighted by Crippen LogP contribution is -2.57. The number of rotatable bonds is 5. The smallest absolute Gasteiger partial charge is 0.247 e. The van der Waals surface area contributed by atoms with Crippen molar-refractivity contribution in [2.45, 2.75) is 12.0 Å². The van der Waals surface area contributed by atoms with E-state index in [4.69, 9.17) is 10.8 Å². The number of piperazine rings is 1. The van der Waals surface area contributed by atoms with E-state index in [9.17, 15) is 4.79 Å². The Morgan fingerprint density at radius 1 is 1.24 bits per heavy atom. The molecule has 1 aliphatic heterocycles. The van der Waals surface area contributed by atoms with E-state index in [1.165, 1.54) is 0 Å². The summed E-state index contributed by atoms with van der Waals surface area (Å²) in [6, 6.07) is 9.44. The number of carbonyl (C=O) groups excluding carboxylic acids is 1. The van der Waals surface area contributed by atoms with Gasteiger partial charge >= 0.3 is 0 Å². The maximum Gasteiger partial charge on any atom is 0.247 e. The molecule has 3 N–H and O–H groups in total. The lowest BCUT2D eigenvalue weighted by molar-refractivity contribution is -0.139. The Balaban J connectivity index is 2.08. The fourth-order valence-electron chi connectivity index (χ4n) is 2.71. The van der Waals surface area contributed by atoms with E-state index in [-0.39, 0.29) is 12.5 Å². The number of hydrogen-bond acceptors (Lipinski definition) is 4. The van der Waals surface area contributed by atoms with Crippen LogP contribution in [0.3, 0.4) is 0 Å². The molecule has 5 heteroatoms. The molecule has 21 heavy (non-hydrogen) atoms. The molecule has 0 aromatic heterocycles. The number of nitrogens with two attached hydrogens (primary N) is 1. The summed E-state index contributed by atoms with van der Waals surface area (Å²) in [7, 11) is 0. The number of hydrogen-bond donors (Lipinski definition) is 2. The van der Waals surface area contributed by atoms with Gasteiger partial charge in [0.05, 0.1) is 6.61 Å². The molecular weight excluding hydrogens is 266 g/mol. The Morgan fingerprint density at radius 3 is 2.38 bits per heavy atom. The summed E-state index contributed by atoms with van der Waals surface area (Å²) < 4.78 is 0. The number of amides is 1. The maximum atomic E-state index is 12.8. The predicted octanol–water partition coefficient (Wildman–Crippen LogP) is 0.201. The van der Waals surface area contributed by atoms with Gasteiger partial charge < -0.3 is 15.7 Å². The van der Waals surface area contributed by atoms with E-state index in [1.807, 2.05) is 35.2 Å². The summed E-state index contributed by atoms with van der Waals surface area (Å²) in [4.78, 5) is 16.8. The van der Waals surface area contributed by atoms with Gasteiger partial charge in [-0.05, 0) is 12.0 Å². The van der Waals surface area contributed by atoms with Crippen LogP contribution in [0, 0.1) is 6.92 Å². The second kappa shape index (κ2) is 7.02. The van der Waals surface area contributed by atoms with Crippen molar-refractivity contribution in [2.24, 2.45) is 5.73 Å². The minimum Gasteiger partial charge on any atom is -0.395 e. The third-order valence-electron chi connectivity index (χ3n) is 4.14. The zero-order valence-corrected chi connectivity index (χ0v) is 12.4. The molecule has 1 radical (unpaired) electrons. The second-order valence-corrected chi connectivity index (χ2v) is 5.44. The first-order chi connectivity index (χ1) is 10.1. The molecule has 0 bridgehead atoms. The summed E-state index contributed by atoms with van der Waals surface area (Å²) in [6.45, 7) is 7.52. The van der Waals surface area contributed by atoms with Crippen molar-refractivity contribution < 1.29 is 9.90 Å². The monoisotopic (exact) mass is 290 g/mol. The highest BCUT2D eigenvalue weighted by molar-refractivity contribution is 5.87. The highest BCUT2D eigenvalue weighted by atomic mass is 16.3. The molecule has 2 rings (SSSR count). The van der Waals surface area contributed by atoms with Gasteiger partial charge in [0.15, 0.2) is 0 Å². The summed E-state index contributed by atoms with van der Waals surface area (Å²) in [5, 5.41) is 8.96. The molecule has 1 unspecified atom stereocenters. The SMILES string of the molecule is [CH2]CC(N)(C(=O)N1CCN(CCO)CC1)c1ccccc1. The molecule has 115 valence electrons. The van der Waals surface area contributed by atoms with Gasteiger partial charge in [-0.2, -0.15) is 0 Å². The molecule has 1 amide bonds. The van der Waals surface area contributed by atoms with Gasteiger partial charge in [-0.25, -0.2) is 0 Å². The Kier molecular flexibility index (Phi) is 5.33. The van der Waals surface area contributed by atoms with Crippen LogP contribution in [-0.2, 0) is 10.3 Å². The third-order valence-corrected chi connectivity index (χ3v) is 4.14. The summed E-state index contributed by atoms with van der Waals surface area (Å²) in [5.74, 6) is -0.0626. The van der Waals surface area contributed by atoms with Crippen LogP contribution in [0.15, 0.2) is 30.3 Å². The van der Waals surface area contributed by atoms with Crippen molar-refractivity contribution in [1.29, 1.82) is 0 Å². The molecule has 0 saturated carbocycles. The number of aliphatic hydroxyl groups excluding tert-OH is 1. The molecule has 1 aliphatic rings. The van der Waals surface area contributed by atoms with Gasteiger partial charge in [0.2, 0.25) is 5.91 Å². The van der Waals surface area contributed by atoms with Crippen molar-refractivity contribution >= 4 is 5.91 Å². The predicted molar refractivity (Wildman–Crippen MR) is 82.4 cm³/mol. The van der Waals surface area contributed by atoms with Crippen LogP contribution < -0.4 is 5.73 Å². The van der Waals surface area contributed by atoms with Crippen molar-refractivity contribution in [3.8, 4) is 0 Å². The van der Waals surface area contributed by atoms with Crippen LogP contribution in [0.4, 0.5) is 0 Å². The highest BCUT2D eigenvalue weighted by Crippen LogP contribution is 2.25. The average Bonchev–Trinajstić information content (AvgIpc) is 2.55. The third kappa shape index (κ3) is 3.43. The van der Waals surface area contributed by atoms with E-state index in [1.54, 1.807) is 0 Å². The minimum absolute atomic E-state index is 0.0626. The molecule has 1 aromatic carbocycles. The first-order valence-corrected chi connectivity index (χ1v) is 7.38. The molecule has 0 aliphatic carbocycles. The van der Waals surface area contributed by atoms with Crippen molar-refractivity contribution in [2.75, 3.05) is 39.3 Å². The lowest BCUT2D eigenvalue weighted by Gasteiger charge is -2.39. The summed E-state index contributed by atoms with van der Waals surface area (Å²) in [6.07, 6.45) is 0.326. The van der Waals surface area contributed by atoms with E-state index >= 15 is 0 Å². The van der Waals surface area contributed by atoms with Crippen LogP contribution in [0.2, 0.25) is 0 Å². The largest absolute Gasteiger partial charge is 0.395 e. The highest BCUT2D eigenvalue weighted by Gasteiger charge is 2.38. The minimum atomic E-state index is -1.06. The van der Waals surface area contributed by atoms with Crippen LogP contribution in [0.5, 0.6) is 0 Å². The quantitative estimate of drug-likeness (QED) is 0.813. The molecule has 5 nitrogen and oxygen atoms in total. The molecular formula is C16H24N3O2. The second-order valence-electron chi connectivity index (χ2n) is 5.44. The molecule has 1 aromatic rings. The standard InChI is InChI=1S/C16H24N3O2/c1-2-16(17,14-6-4-3-5-7-14)15(21)19-10-8-18(9-11-19)12-13-20/h3-7,20H,1-2,8-13,17H2. The normalized spacial score (nSPS) is 19.3. The number of β-amino-alcohol motifs (C(OH)–C–C–N with tert-alkyl or cyclic N) is 1. The van der Waals surface area contributed by atoms with E-state index in [2.05, 4.69) is 11.8 Å². The van der Waals surface area contributed by atoms with E-state index in [0.717, 1.165) is 18.7 Å². The van der Waals surface area contributed by atoms with Gasteiger partial charge in [-0.15, -0.1) is 0 Å². The zero-order chi connectivity index (χ0) is 15.3. The molecule has 1 fully saturated rings. The van der Waals surface area contributed by atoms with Gasteiger partial charge in [0.1, 0.15) is 5.54 Å². The first kappa shape index (κ1) is 15.9. The Labute approximate surface area is 126 Å². The summed E-state index contributed by atoms with van der Waals surface area (Å²) in [5.41, 5.74) is 6.13. The van der Waals surface area contributed by atoms with E-state index in [0.29, 0.717) is 26.1 Å². The summed E-state index contributed by atoms with van der Waals surface area (Å²) >= 11 is 0. The van der Waals surface area contributed by atoms with Gasteiger partial charge in [-0.3, -0.25) is 9.69 Å². The average molecular weight is 290 g/mol. The number of nitrogens with zero attached hydrogens (tertiary/aromatic N) is 2. The Hall–Kier alpha value is -1.43. The number of benzene rings is 1. The molecule has 0 spiro atoms. The first-order valence-electron chi connectivity index (χ1n) is 7.38. The van der Waals surface area contributed by atoms with Gasteiger partial charge in [-0.1, -0.05) is 37.3 Å². The topological polar surface area (TPSA) is 69.8 Å². The molecule has 1 saturated heterocycles. The van der Waals surface area contributed by atoms with E-state index < -0.39 is 5.54 Å². The molecule has 1 heterocycles. The zero-order valence-electron chi connectivity index (χ0n) is 12.4. The van der Waals surface area contributed by atoms with Gasteiger partial charge in [0.25, 0.3) is 0 Å². The van der Waals surface area contributed by atoms with Crippen molar-refractivity contribution in [3.63, 3.8) is 0 Å². The fourth-order valence-corrected chi connectivity index (χ4v) is 2.71. The van der Waals surface area contributed by atoms with Crippen LogP contribution in [0.25, 0.3) is 0 Å². The number of aliphatic hydroxyl groups is 1. The van der Waals surface area contributed by atoms with Crippen molar-refractivity contribution in [1.82, 2.24) is 9.80 Å². The Bertz CT molecular complexity index is 458. The van der Waals surface area contributed by atoms with Crippen LogP contribution in [-0.4, -0.2) is 60.1 Å². The van der Waals surface area contributed by atoms with Crippen LogP contribution in [0.1, 0.15) is 12.0 Å². The lowest BCUT2D eigenvalue weighted by atomic mass is 9.86. The fraction of sp³-hybridized carbons (Fsp3) is 0.500. The maximum absolute atomic E-state index is 12.8. The van der Waals surface area contributed by atoms with Gasteiger partial charge in [0, 0.05) is 32.7 Å². The number of carbonyl (C=O) groups is 1. The Morgan fingerprint density at radius 2 is 1.86 bits per heavy atom.